The van der Waals surface area contributed by atoms with E-state index in [0.29, 0.717) is 6.07 Å². The van der Waals surface area contributed by atoms with Crippen molar-refractivity contribution in [3.05, 3.63) is 64.4 Å². The topological polar surface area (TPSA) is 58.2 Å². The number of rotatable bonds is 3. The van der Waals surface area contributed by atoms with Gasteiger partial charge >= 0.3 is 18.0 Å². The molecule has 0 radical (unpaired) electrons. The molecule has 25 heavy (non-hydrogen) atoms. The average molecular weight is 375 g/mol. The predicted octanol–water partition coefficient (Wildman–Crippen LogP) is 3.75. The molecule has 2 rings (SSSR count). The van der Waals surface area contributed by atoms with Crippen molar-refractivity contribution in [1.29, 1.82) is 0 Å². The van der Waals surface area contributed by atoms with Gasteiger partial charge in [-0.25, -0.2) is 4.39 Å². The van der Waals surface area contributed by atoms with Crippen molar-refractivity contribution >= 4 is 29.1 Å². The minimum absolute atomic E-state index is 0.131. The van der Waals surface area contributed by atoms with Crippen LogP contribution in [-0.2, 0) is 22.3 Å². The molecule has 9 heteroatoms. The number of hydrogen-bond acceptors (Lipinski definition) is 2. The number of amides is 2. The number of alkyl halides is 3. The first-order chi connectivity index (χ1) is 11.7. The van der Waals surface area contributed by atoms with Crippen LogP contribution in [0.2, 0.25) is 5.02 Å². The molecule has 0 saturated heterocycles. The quantitative estimate of drug-likeness (QED) is 0.635. The summed E-state index contributed by atoms with van der Waals surface area (Å²) in [7, 11) is 0. The molecule has 2 aromatic carbocycles. The maximum Gasteiger partial charge on any atom is 0.418 e. The second kappa shape index (κ2) is 7.52. The fraction of sp³-hybridized carbons (Fsp3) is 0.125. The molecule has 2 N–H and O–H groups in total. The van der Waals surface area contributed by atoms with E-state index in [1.54, 1.807) is 0 Å². The molecular weight excluding hydrogens is 364 g/mol. The maximum atomic E-state index is 13.4. The molecule has 0 saturated carbocycles. The summed E-state index contributed by atoms with van der Waals surface area (Å²) in [5, 5.41) is 3.83. The molecule has 2 aromatic rings. The highest BCUT2D eigenvalue weighted by molar-refractivity contribution is 6.39. The summed E-state index contributed by atoms with van der Waals surface area (Å²) < 4.78 is 52.2. The summed E-state index contributed by atoms with van der Waals surface area (Å²) in [4.78, 5) is 23.5. The second-order valence-corrected chi connectivity index (χ2v) is 5.35. The monoisotopic (exact) mass is 374 g/mol. The molecule has 0 fully saturated rings. The molecule has 0 aliphatic rings. The first kappa shape index (κ1) is 18.7. The number of benzene rings is 2. The lowest BCUT2D eigenvalue weighted by Gasteiger charge is -2.14. The van der Waals surface area contributed by atoms with Gasteiger partial charge in [-0.2, -0.15) is 13.2 Å². The molecule has 132 valence electrons. The van der Waals surface area contributed by atoms with Crippen LogP contribution >= 0.6 is 11.6 Å². The largest absolute Gasteiger partial charge is 0.418 e. The van der Waals surface area contributed by atoms with Gasteiger partial charge in [0.15, 0.2) is 0 Å². The third-order valence-corrected chi connectivity index (χ3v) is 3.37. The number of hydrogen-bond donors (Lipinski definition) is 2. The number of carbonyl (C=O) groups excluding carboxylic acids is 2. The van der Waals surface area contributed by atoms with E-state index in [1.807, 2.05) is 5.32 Å². The predicted molar refractivity (Wildman–Crippen MR) is 83.3 cm³/mol. The summed E-state index contributed by atoms with van der Waals surface area (Å²) in [6.45, 7) is -0.286. The highest BCUT2D eigenvalue weighted by Crippen LogP contribution is 2.36. The molecule has 0 aliphatic carbocycles. The molecule has 4 nitrogen and oxygen atoms in total. The minimum Gasteiger partial charge on any atom is -0.344 e. The molecule has 0 atom stereocenters. The molecule has 0 aromatic heterocycles. The Hall–Kier alpha value is -2.61. The standard InChI is InChI=1S/C16H11ClF4N2O2/c17-10-5-6-13(11(7-10)16(19,20)21)23-15(25)14(24)22-8-9-3-1-2-4-12(9)18/h1-7H,8H2,(H,22,24)(H,23,25). The van der Waals surface area contributed by atoms with E-state index in [-0.39, 0.29) is 17.1 Å². The van der Waals surface area contributed by atoms with Gasteiger partial charge in [0.05, 0.1) is 11.3 Å². The van der Waals surface area contributed by atoms with Crippen LogP contribution in [0.25, 0.3) is 0 Å². The Morgan fingerprint density at radius 1 is 1.04 bits per heavy atom. The molecular formula is C16H11ClF4N2O2. The van der Waals surface area contributed by atoms with Crippen molar-refractivity contribution in [2.24, 2.45) is 0 Å². The Labute approximate surface area is 144 Å². The summed E-state index contributed by atoms with van der Waals surface area (Å²) in [5.74, 6) is -3.10. The second-order valence-electron chi connectivity index (χ2n) is 4.92. The van der Waals surface area contributed by atoms with E-state index in [2.05, 4.69) is 5.32 Å². The van der Waals surface area contributed by atoms with E-state index < -0.39 is 35.1 Å². The smallest absolute Gasteiger partial charge is 0.344 e. The minimum atomic E-state index is -4.77. The molecule has 0 heterocycles. The highest BCUT2D eigenvalue weighted by Gasteiger charge is 2.34. The summed E-state index contributed by atoms with van der Waals surface area (Å²) in [5.41, 5.74) is -1.66. The fourth-order valence-electron chi connectivity index (χ4n) is 1.94. The van der Waals surface area contributed by atoms with Crippen LogP contribution in [0.3, 0.4) is 0 Å². The Morgan fingerprint density at radius 3 is 2.36 bits per heavy atom. The van der Waals surface area contributed by atoms with Crippen LogP contribution in [-0.4, -0.2) is 11.8 Å². The van der Waals surface area contributed by atoms with Gasteiger partial charge in [0.1, 0.15) is 5.82 Å². The number of nitrogens with one attached hydrogen (secondary N) is 2. The SMILES string of the molecule is O=C(NCc1ccccc1F)C(=O)Nc1ccc(Cl)cc1C(F)(F)F. The van der Waals surface area contributed by atoms with Crippen LogP contribution in [0.4, 0.5) is 23.2 Å². The summed E-state index contributed by atoms with van der Waals surface area (Å²) >= 11 is 5.53. The van der Waals surface area contributed by atoms with Crippen LogP contribution in [0.15, 0.2) is 42.5 Å². The zero-order chi connectivity index (χ0) is 18.6. The van der Waals surface area contributed by atoms with Crippen LogP contribution in [0.5, 0.6) is 0 Å². The van der Waals surface area contributed by atoms with Crippen molar-refractivity contribution in [3.8, 4) is 0 Å². The molecule has 2 amide bonds. The van der Waals surface area contributed by atoms with Crippen molar-refractivity contribution < 1.29 is 27.2 Å². The van der Waals surface area contributed by atoms with E-state index in [9.17, 15) is 27.2 Å². The molecule has 0 aliphatic heterocycles. The summed E-state index contributed by atoms with van der Waals surface area (Å²) in [6, 6.07) is 8.27. The summed E-state index contributed by atoms with van der Waals surface area (Å²) in [6.07, 6.45) is -4.77. The van der Waals surface area contributed by atoms with Crippen LogP contribution in [0.1, 0.15) is 11.1 Å². The highest BCUT2D eigenvalue weighted by atomic mass is 35.5. The molecule has 0 unspecified atom stereocenters. The van der Waals surface area contributed by atoms with Gasteiger partial charge in [-0.05, 0) is 24.3 Å². The third-order valence-electron chi connectivity index (χ3n) is 3.14. The lowest BCUT2D eigenvalue weighted by Crippen LogP contribution is -2.35. The van der Waals surface area contributed by atoms with E-state index in [4.69, 9.17) is 11.6 Å². The molecule has 0 spiro atoms. The van der Waals surface area contributed by atoms with Gasteiger partial charge in [-0.3, -0.25) is 9.59 Å². The first-order valence-corrected chi connectivity index (χ1v) is 7.25. The van der Waals surface area contributed by atoms with Gasteiger partial charge in [0.2, 0.25) is 0 Å². The Bertz CT molecular complexity index is 809. The fourth-order valence-corrected chi connectivity index (χ4v) is 2.11. The lowest BCUT2D eigenvalue weighted by molar-refractivity contribution is -0.138. The van der Waals surface area contributed by atoms with E-state index in [0.717, 1.165) is 12.1 Å². The van der Waals surface area contributed by atoms with Crippen molar-refractivity contribution in [3.63, 3.8) is 0 Å². The van der Waals surface area contributed by atoms with Crippen LogP contribution in [0, 0.1) is 5.82 Å². The number of halogens is 5. The van der Waals surface area contributed by atoms with Crippen LogP contribution < -0.4 is 10.6 Å². The third kappa shape index (κ3) is 4.93. The Balaban J connectivity index is 2.07. The zero-order valence-electron chi connectivity index (χ0n) is 12.5. The van der Waals surface area contributed by atoms with Crippen molar-refractivity contribution in [2.75, 3.05) is 5.32 Å². The van der Waals surface area contributed by atoms with Gasteiger partial charge in [0, 0.05) is 17.1 Å². The number of carbonyl (C=O) groups is 2. The molecule has 0 bridgehead atoms. The Morgan fingerprint density at radius 2 is 1.72 bits per heavy atom. The van der Waals surface area contributed by atoms with E-state index in [1.165, 1.54) is 24.3 Å². The normalized spacial score (nSPS) is 11.1. The van der Waals surface area contributed by atoms with Crippen molar-refractivity contribution in [2.45, 2.75) is 12.7 Å². The van der Waals surface area contributed by atoms with E-state index >= 15 is 0 Å². The lowest BCUT2D eigenvalue weighted by atomic mass is 10.1. The van der Waals surface area contributed by atoms with Gasteiger partial charge in [0.25, 0.3) is 0 Å². The number of anilines is 1. The van der Waals surface area contributed by atoms with Gasteiger partial charge < -0.3 is 10.6 Å². The van der Waals surface area contributed by atoms with Gasteiger partial charge in [-0.15, -0.1) is 0 Å². The zero-order valence-corrected chi connectivity index (χ0v) is 13.2. The maximum absolute atomic E-state index is 13.4. The average Bonchev–Trinajstić information content (AvgIpc) is 2.54. The van der Waals surface area contributed by atoms with Crippen molar-refractivity contribution in [1.82, 2.24) is 5.32 Å². The first-order valence-electron chi connectivity index (χ1n) is 6.88. The Kier molecular flexibility index (Phi) is 5.63. The van der Waals surface area contributed by atoms with Gasteiger partial charge in [-0.1, -0.05) is 29.8 Å².